The van der Waals surface area contributed by atoms with Crippen LogP contribution in [0.15, 0.2) is 18.2 Å². The molecule has 1 fully saturated rings. The minimum Gasteiger partial charge on any atom is -0.381 e. The summed E-state index contributed by atoms with van der Waals surface area (Å²) < 4.78 is 1.19. The fourth-order valence-corrected chi connectivity index (χ4v) is 3.67. The highest BCUT2D eigenvalue weighted by Gasteiger charge is 2.23. The average Bonchev–Trinajstić information content (AvgIpc) is 2.33. The predicted octanol–water partition coefficient (Wildman–Crippen LogP) is 5.57. The van der Waals surface area contributed by atoms with Gasteiger partial charge in [-0.2, -0.15) is 0 Å². The van der Waals surface area contributed by atoms with Crippen molar-refractivity contribution in [1.29, 1.82) is 0 Å². The summed E-state index contributed by atoms with van der Waals surface area (Å²) in [7, 11) is 0. The van der Waals surface area contributed by atoms with Gasteiger partial charge >= 0.3 is 0 Å². The number of hydrogen-bond acceptors (Lipinski definition) is 1. The van der Waals surface area contributed by atoms with Gasteiger partial charge in [0, 0.05) is 9.61 Å². The van der Waals surface area contributed by atoms with E-state index in [1.807, 2.05) is 6.07 Å². The van der Waals surface area contributed by atoms with Gasteiger partial charge in [0.05, 0.1) is 10.7 Å². The predicted molar refractivity (Wildman–Crippen MR) is 88.4 cm³/mol. The molecule has 3 heteroatoms. The zero-order valence-electron chi connectivity index (χ0n) is 11.0. The minimum absolute atomic E-state index is 0.595. The Morgan fingerprint density at radius 1 is 1.22 bits per heavy atom. The molecule has 1 aromatic carbocycles. The summed E-state index contributed by atoms with van der Waals surface area (Å²) in [5, 5.41) is 4.44. The van der Waals surface area contributed by atoms with Gasteiger partial charge in [0.15, 0.2) is 0 Å². The molecule has 1 aliphatic rings. The molecule has 0 unspecified atom stereocenters. The lowest BCUT2D eigenvalue weighted by Gasteiger charge is -2.32. The van der Waals surface area contributed by atoms with Crippen molar-refractivity contribution in [1.82, 2.24) is 0 Å². The maximum Gasteiger partial charge on any atom is 0.0648 e. The van der Waals surface area contributed by atoms with Crippen LogP contribution in [0.2, 0.25) is 5.02 Å². The zero-order valence-corrected chi connectivity index (χ0v) is 14.0. The molecule has 1 saturated carbocycles. The van der Waals surface area contributed by atoms with Crippen molar-refractivity contribution in [2.24, 2.45) is 11.8 Å². The van der Waals surface area contributed by atoms with E-state index in [1.54, 1.807) is 0 Å². The SMILES string of the molecule is CC(C)C1CCC(Nc2ccc(I)cc2Cl)CC1. The topological polar surface area (TPSA) is 12.0 Å². The first kappa shape index (κ1) is 14.4. The third-order valence-corrected chi connectivity index (χ3v) is 4.99. The maximum atomic E-state index is 6.26. The van der Waals surface area contributed by atoms with Crippen molar-refractivity contribution >= 4 is 39.9 Å². The van der Waals surface area contributed by atoms with Crippen LogP contribution in [0, 0.1) is 15.4 Å². The van der Waals surface area contributed by atoms with Gasteiger partial charge in [-0.3, -0.25) is 0 Å². The van der Waals surface area contributed by atoms with Gasteiger partial charge in [0.25, 0.3) is 0 Å². The summed E-state index contributed by atoms with van der Waals surface area (Å²) in [6.45, 7) is 4.68. The Labute approximate surface area is 129 Å². The fourth-order valence-electron chi connectivity index (χ4n) is 2.76. The van der Waals surface area contributed by atoms with E-state index < -0.39 is 0 Å². The third-order valence-electron chi connectivity index (χ3n) is 4.01. The van der Waals surface area contributed by atoms with Gasteiger partial charge in [-0.25, -0.2) is 0 Å². The summed E-state index contributed by atoms with van der Waals surface area (Å²) in [5.74, 6) is 1.74. The first-order chi connectivity index (χ1) is 8.56. The lowest BCUT2D eigenvalue weighted by Crippen LogP contribution is -2.28. The molecule has 1 N–H and O–H groups in total. The van der Waals surface area contributed by atoms with Crippen molar-refractivity contribution < 1.29 is 0 Å². The number of anilines is 1. The summed E-state index contributed by atoms with van der Waals surface area (Å²) in [6, 6.07) is 6.81. The Hall–Kier alpha value is 0.0400. The van der Waals surface area contributed by atoms with Crippen LogP contribution < -0.4 is 5.32 Å². The van der Waals surface area contributed by atoms with Crippen LogP contribution in [0.4, 0.5) is 5.69 Å². The summed E-state index contributed by atoms with van der Waals surface area (Å²) in [6.07, 6.45) is 5.23. The lowest BCUT2D eigenvalue weighted by molar-refractivity contribution is 0.267. The molecule has 100 valence electrons. The van der Waals surface area contributed by atoms with Crippen LogP contribution in [0.3, 0.4) is 0 Å². The first-order valence-electron chi connectivity index (χ1n) is 6.78. The van der Waals surface area contributed by atoms with E-state index in [4.69, 9.17) is 11.6 Å². The highest BCUT2D eigenvalue weighted by molar-refractivity contribution is 14.1. The van der Waals surface area contributed by atoms with E-state index in [-0.39, 0.29) is 0 Å². The Morgan fingerprint density at radius 2 is 1.89 bits per heavy atom. The smallest absolute Gasteiger partial charge is 0.0648 e. The molecule has 18 heavy (non-hydrogen) atoms. The third kappa shape index (κ3) is 3.77. The van der Waals surface area contributed by atoms with Crippen LogP contribution in [0.25, 0.3) is 0 Å². The number of nitrogens with one attached hydrogen (secondary N) is 1. The average molecular weight is 378 g/mol. The maximum absolute atomic E-state index is 6.26. The van der Waals surface area contributed by atoms with Gasteiger partial charge in [0.1, 0.15) is 0 Å². The fraction of sp³-hybridized carbons (Fsp3) is 0.600. The number of benzene rings is 1. The largest absolute Gasteiger partial charge is 0.381 e. The van der Waals surface area contributed by atoms with Crippen molar-refractivity contribution in [3.05, 3.63) is 26.8 Å². The molecule has 0 bridgehead atoms. The lowest BCUT2D eigenvalue weighted by atomic mass is 9.79. The first-order valence-corrected chi connectivity index (χ1v) is 8.23. The summed E-state index contributed by atoms with van der Waals surface area (Å²) >= 11 is 8.55. The molecule has 0 saturated heterocycles. The van der Waals surface area contributed by atoms with E-state index in [0.717, 1.165) is 22.5 Å². The molecule has 0 aliphatic heterocycles. The van der Waals surface area contributed by atoms with Gasteiger partial charge < -0.3 is 5.32 Å². The standard InChI is InChI=1S/C15H21ClIN/c1-10(2)11-3-6-13(7-4-11)18-15-8-5-12(17)9-14(15)16/h5,8-11,13,18H,3-4,6-7H2,1-2H3. The van der Waals surface area contributed by atoms with Crippen LogP contribution in [-0.2, 0) is 0 Å². The molecule has 0 spiro atoms. The molecule has 0 heterocycles. The van der Waals surface area contributed by atoms with E-state index in [0.29, 0.717) is 6.04 Å². The van der Waals surface area contributed by atoms with Crippen LogP contribution >= 0.6 is 34.2 Å². The molecule has 1 aromatic rings. The second kappa shape index (κ2) is 6.47. The van der Waals surface area contributed by atoms with Crippen LogP contribution in [-0.4, -0.2) is 6.04 Å². The molecule has 0 aromatic heterocycles. The molecular formula is C15H21ClIN. The normalized spacial score (nSPS) is 24.3. The number of halogens is 2. The number of hydrogen-bond donors (Lipinski definition) is 1. The molecule has 2 rings (SSSR count). The van der Waals surface area contributed by atoms with Gasteiger partial charge in [-0.15, -0.1) is 0 Å². The van der Waals surface area contributed by atoms with Crippen molar-refractivity contribution in [2.75, 3.05) is 5.32 Å². The molecular weight excluding hydrogens is 357 g/mol. The highest BCUT2D eigenvalue weighted by atomic mass is 127. The monoisotopic (exact) mass is 377 g/mol. The molecule has 0 radical (unpaired) electrons. The van der Waals surface area contributed by atoms with Gasteiger partial charge in [-0.05, 0) is 78.3 Å². The van der Waals surface area contributed by atoms with E-state index in [1.165, 1.54) is 29.3 Å². The Morgan fingerprint density at radius 3 is 2.44 bits per heavy atom. The molecule has 0 atom stereocenters. The van der Waals surface area contributed by atoms with Crippen molar-refractivity contribution in [2.45, 2.75) is 45.6 Å². The van der Waals surface area contributed by atoms with Gasteiger partial charge in [-0.1, -0.05) is 25.4 Å². The second-order valence-corrected chi connectivity index (χ2v) is 7.28. The summed E-state index contributed by atoms with van der Waals surface area (Å²) in [4.78, 5) is 0. The molecule has 1 nitrogen and oxygen atoms in total. The Balaban J connectivity index is 1.91. The summed E-state index contributed by atoms with van der Waals surface area (Å²) in [5.41, 5.74) is 1.09. The zero-order chi connectivity index (χ0) is 13.1. The van der Waals surface area contributed by atoms with Crippen molar-refractivity contribution in [3.63, 3.8) is 0 Å². The van der Waals surface area contributed by atoms with Crippen LogP contribution in [0.5, 0.6) is 0 Å². The minimum atomic E-state index is 0.595. The van der Waals surface area contributed by atoms with E-state index in [2.05, 4.69) is 53.9 Å². The molecule has 0 amide bonds. The van der Waals surface area contributed by atoms with E-state index >= 15 is 0 Å². The number of rotatable bonds is 3. The quantitative estimate of drug-likeness (QED) is 0.679. The Kier molecular flexibility index (Phi) is 5.19. The molecule has 1 aliphatic carbocycles. The highest BCUT2D eigenvalue weighted by Crippen LogP contribution is 2.33. The van der Waals surface area contributed by atoms with Crippen molar-refractivity contribution in [3.8, 4) is 0 Å². The Bertz CT molecular complexity index is 397. The van der Waals surface area contributed by atoms with E-state index in [9.17, 15) is 0 Å². The van der Waals surface area contributed by atoms with Crippen LogP contribution in [0.1, 0.15) is 39.5 Å². The van der Waals surface area contributed by atoms with Gasteiger partial charge in [0.2, 0.25) is 0 Å². The second-order valence-electron chi connectivity index (χ2n) is 5.62.